The first-order valence-corrected chi connectivity index (χ1v) is 6.38. The summed E-state index contributed by atoms with van der Waals surface area (Å²) >= 11 is 3.32. The van der Waals surface area contributed by atoms with Gasteiger partial charge in [-0.3, -0.25) is 4.79 Å². The second kappa shape index (κ2) is 5.40. The molecule has 0 saturated carbocycles. The van der Waals surface area contributed by atoms with Gasteiger partial charge in [0.2, 0.25) is 0 Å². The van der Waals surface area contributed by atoms with Crippen LogP contribution in [0.4, 0.5) is 15.8 Å². The maximum absolute atomic E-state index is 13.5. The van der Waals surface area contributed by atoms with Crippen molar-refractivity contribution in [2.45, 2.75) is 6.92 Å². The van der Waals surface area contributed by atoms with Crippen LogP contribution in [0.5, 0.6) is 0 Å². The Labute approximate surface area is 118 Å². The average Bonchev–Trinajstić information content (AvgIpc) is 2.32. The van der Waals surface area contributed by atoms with Crippen molar-refractivity contribution >= 4 is 33.2 Å². The van der Waals surface area contributed by atoms with E-state index in [1.54, 1.807) is 12.1 Å². The molecule has 0 aromatic heterocycles. The van der Waals surface area contributed by atoms with Crippen LogP contribution in [0.1, 0.15) is 15.9 Å². The lowest BCUT2D eigenvalue weighted by Crippen LogP contribution is -2.13. The van der Waals surface area contributed by atoms with Gasteiger partial charge in [-0.15, -0.1) is 0 Å². The van der Waals surface area contributed by atoms with Crippen LogP contribution in [0.15, 0.2) is 40.9 Å². The first-order valence-electron chi connectivity index (χ1n) is 5.59. The number of nitrogen functional groups attached to an aromatic ring is 1. The highest BCUT2D eigenvalue weighted by Crippen LogP contribution is 2.20. The summed E-state index contributed by atoms with van der Waals surface area (Å²) in [5.74, 6) is -0.900. The van der Waals surface area contributed by atoms with E-state index in [4.69, 9.17) is 5.73 Å². The smallest absolute Gasteiger partial charge is 0.255 e. The van der Waals surface area contributed by atoms with Gasteiger partial charge in [-0.1, -0.05) is 15.9 Å². The molecule has 2 rings (SSSR count). The van der Waals surface area contributed by atoms with E-state index in [9.17, 15) is 9.18 Å². The van der Waals surface area contributed by atoms with Crippen LogP contribution in [-0.2, 0) is 0 Å². The average molecular weight is 323 g/mol. The number of amides is 1. The zero-order chi connectivity index (χ0) is 14.0. The summed E-state index contributed by atoms with van der Waals surface area (Å²) in [5.41, 5.74) is 7.42. The predicted molar refractivity (Wildman–Crippen MR) is 77.6 cm³/mol. The third-order valence-electron chi connectivity index (χ3n) is 2.54. The van der Waals surface area contributed by atoms with Crippen molar-refractivity contribution in [1.82, 2.24) is 0 Å². The van der Waals surface area contributed by atoms with Crippen LogP contribution in [-0.4, -0.2) is 5.91 Å². The highest BCUT2D eigenvalue weighted by molar-refractivity contribution is 9.10. The Morgan fingerprint density at radius 3 is 2.68 bits per heavy atom. The fraction of sp³-hybridized carbons (Fsp3) is 0.0714. The Balaban J connectivity index is 2.28. The third kappa shape index (κ3) is 3.32. The second-order valence-electron chi connectivity index (χ2n) is 4.21. The number of rotatable bonds is 2. The summed E-state index contributed by atoms with van der Waals surface area (Å²) in [4.78, 5) is 12.0. The van der Waals surface area contributed by atoms with E-state index in [1.165, 1.54) is 18.2 Å². The second-order valence-corrected chi connectivity index (χ2v) is 5.13. The molecule has 0 aliphatic heterocycles. The molecular formula is C14H12BrFN2O. The van der Waals surface area contributed by atoms with Gasteiger partial charge in [0.1, 0.15) is 5.82 Å². The van der Waals surface area contributed by atoms with Crippen LogP contribution < -0.4 is 11.1 Å². The first-order chi connectivity index (χ1) is 8.95. The molecule has 5 heteroatoms. The summed E-state index contributed by atoms with van der Waals surface area (Å²) in [6.07, 6.45) is 0. The van der Waals surface area contributed by atoms with Gasteiger partial charge in [0.15, 0.2) is 0 Å². The van der Waals surface area contributed by atoms with Gasteiger partial charge in [0, 0.05) is 15.7 Å². The molecule has 0 bridgehead atoms. The standard InChI is InChI=1S/C14H12BrFN2O/c1-8-4-9(6-10(15)5-8)14(19)18-13-7-11(17)2-3-12(13)16/h2-7H,17H2,1H3,(H,18,19). The van der Waals surface area contributed by atoms with Gasteiger partial charge in [-0.05, 0) is 48.9 Å². The molecule has 0 heterocycles. The molecule has 0 unspecified atom stereocenters. The lowest BCUT2D eigenvalue weighted by molar-refractivity contribution is 0.102. The molecule has 3 nitrogen and oxygen atoms in total. The largest absolute Gasteiger partial charge is 0.399 e. The molecule has 19 heavy (non-hydrogen) atoms. The van der Waals surface area contributed by atoms with Gasteiger partial charge in [-0.2, -0.15) is 0 Å². The summed E-state index contributed by atoms with van der Waals surface area (Å²) < 4.78 is 14.3. The molecule has 0 aliphatic carbocycles. The van der Waals surface area contributed by atoms with Gasteiger partial charge in [0.05, 0.1) is 5.69 Å². The van der Waals surface area contributed by atoms with E-state index in [2.05, 4.69) is 21.2 Å². The Kier molecular flexibility index (Phi) is 3.85. The molecule has 0 aliphatic rings. The van der Waals surface area contributed by atoms with Crippen molar-refractivity contribution in [3.05, 3.63) is 57.8 Å². The van der Waals surface area contributed by atoms with Gasteiger partial charge in [-0.25, -0.2) is 4.39 Å². The van der Waals surface area contributed by atoms with E-state index >= 15 is 0 Å². The molecule has 2 aromatic rings. The quantitative estimate of drug-likeness (QED) is 0.828. The highest BCUT2D eigenvalue weighted by atomic mass is 79.9. The zero-order valence-electron chi connectivity index (χ0n) is 10.2. The summed E-state index contributed by atoms with van der Waals surface area (Å²) in [6.45, 7) is 1.88. The van der Waals surface area contributed by atoms with Crippen LogP contribution >= 0.6 is 15.9 Å². The number of benzene rings is 2. The van der Waals surface area contributed by atoms with Crippen molar-refractivity contribution in [1.29, 1.82) is 0 Å². The Bertz CT molecular complexity index is 623. The molecule has 3 N–H and O–H groups in total. The minimum absolute atomic E-state index is 0.0719. The molecule has 0 atom stereocenters. The van der Waals surface area contributed by atoms with E-state index < -0.39 is 5.82 Å². The van der Waals surface area contributed by atoms with Crippen molar-refractivity contribution in [3.8, 4) is 0 Å². The van der Waals surface area contributed by atoms with Crippen LogP contribution in [0.3, 0.4) is 0 Å². The number of carbonyl (C=O) groups excluding carboxylic acids is 1. The lowest BCUT2D eigenvalue weighted by Gasteiger charge is -2.08. The van der Waals surface area contributed by atoms with E-state index in [0.29, 0.717) is 11.3 Å². The van der Waals surface area contributed by atoms with Crippen LogP contribution in [0.2, 0.25) is 0 Å². The Morgan fingerprint density at radius 1 is 1.26 bits per heavy atom. The van der Waals surface area contributed by atoms with E-state index in [1.807, 2.05) is 13.0 Å². The minimum atomic E-state index is -0.519. The maximum Gasteiger partial charge on any atom is 0.255 e. The number of nitrogens with one attached hydrogen (secondary N) is 1. The molecular weight excluding hydrogens is 311 g/mol. The normalized spacial score (nSPS) is 10.3. The SMILES string of the molecule is Cc1cc(Br)cc(C(=O)Nc2cc(N)ccc2F)c1. The summed E-state index contributed by atoms with van der Waals surface area (Å²) in [7, 11) is 0. The fourth-order valence-electron chi connectivity index (χ4n) is 1.70. The number of halogens is 2. The van der Waals surface area contributed by atoms with Crippen molar-refractivity contribution in [3.63, 3.8) is 0 Å². The third-order valence-corrected chi connectivity index (χ3v) is 3.00. The number of hydrogen-bond donors (Lipinski definition) is 2. The molecule has 2 aromatic carbocycles. The minimum Gasteiger partial charge on any atom is -0.399 e. The molecule has 98 valence electrons. The van der Waals surface area contributed by atoms with E-state index in [0.717, 1.165) is 10.0 Å². The van der Waals surface area contributed by atoms with Gasteiger partial charge >= 0.3 is 0 Å². The van der Waals surface area contributed by atoms with Crippen molar-refractivity contribution in [2.24, 2.45) is 0 Å². The maximum atomic E-state index is 13.5. The Morgan fingerprint density at radius 2 is 2.00 bits per heavy atom. The van der Waals surface area contributed by atoms with Gasteiger partial charge in [0.25, 0.3) is 5.91 Å². The molecule has 0 saturated heterocycles. The Hall–Kier alpha value is -1.88. The number of nitrogens with two attached hydrogens (primary N) is 1. The van der Waals surface area contributed by atoms with Gasteiger partial charge < -0.3 is 11.1 Å². The molecule has 0 fully saturated rings. The number of hydrogen-bond acceptors (Lipinski definition) is 2. The number of carbonyl (C=O) groups is 1. The molecule has 0 spiro atoms. The number of anilines is 2. The first kappa shape index (κ1) is 13.5. The lowest BCUT2D eigenvalue weighted by atomic mass is 10.1. The molecule has 1 amide bonds. The summed E-state index contributed by atoms with van der Waals surface area (Å²) in [5, 5.41) is 2.51. The number of aryl methyl sites for hydroxylation is 1. The topological polar surface area (TPSA) is 55.1 Å². The molecule has 0 radical (unpaired) electrons. The van der Waals surface area contributed by atoms with Crippen LogP contribution in [0, 0.1) is 12.7 Å². The van der Waals surface area contributed by atoms with Crippen molar-refractivity contribution in [2.75, 3.05) is 11.1 Å². The van der Waals surface area contributed by atoms with Crippen LogP contribution in [0.25, 0.3) is 0 Å². The highest BCUT2D eigenvalue weighted by Gasteiger charge is 2.10. The predicted octanol–water partition coefficient (Wildman–Crippen LogP) is 3.73. The van der Waals surface area contributed by atoms with Crippen molar-refractivity contribution < 1.29 is 9.18 Å². The summed E-state index contributed by atoms with van der Waals surface area (Å²) in [6, 6.07) is 9.33. The monoisotopic (exact) mass is 322 g/mol. The fourth-order valence-corrected chi connectivity index (χ4v) is 2.31. The van der Waals surface area contributed by atoms with E-state index in [-0.39, 0.29) is 11.6 Å². The zero-order valence-corrected chi connectivity index (χ0v) is 11.8.